The number of nitriles is 2. The largest absolute Gasteiger partial charge is 0.192 e. The average molecular weight is 669 g/mol. The van der Waals surface area contributed by atoms with Gasteiger partial charge in [0.2, 0.25) is 0 Å². The topological polar surface area (TPSA) is 47.6 Å². The second kappa shape index (κ2) is 10.2. The van der Waals surface area contributed by atoms with Gasteiger partial charge in [0.15, 0.2) is 0 Å². The van der Waals surface area contributed by atoms with E-state index in [0.717, 1.165) is 11.1 Å². The molecule has 0 aliphatic carbocycles. The molecule has 0 saturated carbocycles. The maximum absolute atomic E-state index is 9.11. The van der Waals surface area contributed by atoms with E-state index in [0.29, 0.717) is 11.1 Å². The summed E-state index contributed by atoms with van der Waals surface area (Å²) in [6, 6.07) is 38.4. The predicted octanol–water partition coefficient (Wildman–Crippen LogP) is 13.1. The summed E-state index contributed by atoms with van der Waals surface area (Å²) in [6.07, 6.45) is 0. The first kappa shape index (κ1) is 26.3. The van der Waals surface area contributed by atoms with Crippen LogP contribution in [0.4, 0.5) is 0 Å². The Morgan fingerprint density at radius 1 is 0.364 bits per heavy atom. The van der Waals surface area contributed by atoms with Gasteiger partial charge in [0.05, 0.1) is 32.7 Å². The molecule has 6 aromatic heterocycles. The van der Waals surface area contributed by atoms with Crippen molar-refractivity contribution in [2.75, 3.05) is 0 Å². The lowest BCUT2D eigenvalue weighted by Crippen LogP contribution is -1.74. The fourth-order valence-electron chi connectivity index (χ4n) is 5.51. The molecule has 9 rings (SSSR count). The molecule has 0 bridgehead atoms. The third-order valence-corrected chi connectivity index (χ3v) is 15.2. The molecule has 0 spiro atoms. The zero-order chi connectivity index (χ0) is 29.4. The maximum Gasteiger partial charge on any atom is 0.0991 e. The van der Waals surface area contributed by atoms with Crippen LogP contribution in [0.25, 0.3) is 79.4 Å². The van der Waals surface area contributed by atoms with Crippen LogP contribution < -0.4 is 0 Å². The molecule has 206 valence electrons. The van der Waals surface area contributed by atoms with Crippen molar-refractivity contribution in [3.05, 3.63) is 108 Å². The van der Waals surface area contributed by atoms with Gasteiger partial charge in [0, 0.05) is 58.8 Å². The summed E-state index contributed by atoms with van der Waals surface area (Å²) in [7, 11) is 0. The van der Waals surface area contributed by atoms with Crippen LogP contribution in [0.3, 0.4) is 0 Å². The van der Waals surface area contributed by atoms with Crippen molar-refractivity contribution < 1.29 is 0 Å². The van der Waals surface area contributed by atoms with Crippen LogP contribution in [-0.4, -0.2) is 0 Å². The van der Waals surface area contributed by atoms with Crippen molar-refractivity contribution in [3.8, 4) is 52.5 Å². The minimum atomic E-state index is 0.688. The molecule has 0 aliphatic rings. The third kappa shape index (κ3) is 4.27. The van der Waals surface area contributed by atoms with E-state index in [9.17, 15) is 0 Å². The van der Waals surface area contributed by atoms with E-state index in [1.807, 2.05) is 117 Å². The van der Waals surface area contributed by atoms with Crippen LogP contribution >= 0.6 is 68.0 Å². The van der Waals surface area contributed by atoms with Crippen molar-refractivity contribution in [2.24, 2.45) is 0 Å². The second-order valence-electron chi connectivity index (χ2n) is 10.4. The van der Waals surface area contributed by atoms with Crippen molar-refractivity contribution >= 4 is 107 Å². The Morgan fingerprint density at radius 3 is 1.18 bits per heavy atom. The fourth-order valence-corrected chi connectivity index (χ4v) is 12.8. The average Bonchev–Trinajstić information content (AvgIpc) is 3.89. The summed E-state index contributed by atoms with van der Waals surface area (Å²) in [5, 5.41) is 20.9. The Hall–Kier alpha value is -4.12. The van der Waals surface area contributed by atoms with Crippen molar-refractivity contribution in [1.29, 1.82) is 10.5 Å². The van der Waals surface area contributed by atoms with Crippen LogP contribution in [0.15, 0.2) is 97.1 Å². The van der Waals surface area contributed by atoms with Gasteiger partial charge in [-0.25, -0.2) is 0 Å². The second-order valence-corrected chi connectivity index (χ2v) is 16.8. The molecule has 44 heavy (non-hydrogen) atoms. The van der Waals surface area contributed by atoms with Crippen LogP contribution in [0.1, 0.15) is 11.1 Å². The summed E-state index contributed by atoms with van der Waals surface area (Å²) in [5.74, 6) is 0. The number of benzene rings is 3. The highest BCUT2D eigenvalue weighted by Crippen LogP contribution is 2.50. The Kier molecular flexibility index (Phi) is 6.11. The van der Waals surface area contributed by atoms with Gasteiger partial charge in [-0.2, -0.15) is 10.5 Å². The Bertz CT molecular complexity index is 2430. The van der Waals surface area contributed by atoms with Gasteiger partial charge >= 0.3 is 0 Å². The number of hydrogen-bond acceptors (Lipinski definition) is 8. The first-order valence-corrected chi connectivity index (χ1v) is 18.6. The molecule has 2 nitrogen and oxygen atoms in total. The predicted molar refractivity (Wildman–Crippen MR) is 195 cm³/mol. The van der Waals surface area contributed by atoms with Gasteiger partial charge < -0.3 is 0 Å². The molecule has 9 aromatic rings. The molecular formula is C36H16N2S6. The van der Waals surface area contributed by atoms with Gasteiger partial charge in [-0.3, -0.25) is 0 Å². The van der Waals surface area contributed by atoms with Crippen LogP contribution in [0.2, 0.25) is 0 Å². The van der Waals surface area contributed by atoms with Crippen molar-refractivity contribution in [2.45, 2.75) is 0 Å². The highest BCUT2D eigenvalue weighted by atomic mass is 32.1. The van der Waals surface area contributed by atoms with E-state index < -0.39 is 0 Å². The van der Waals surface area contributed by atoms with Crippen LogP contribution in [0, 0.1) is 22.7 Å². The minimum absolute atomic E-state index is 0.688. The monoisotopic (exact) mass is 668 g/mol. The van der Waals surface area contributed by atoms with Crippen molar-refractivity contribution in [3.63, 3.8) is 0 Å². The van der Waals surface area contributed by atoms with Gasteiger partial charge in [-0.05, 0) is 83.9 Å². The molecule has 0 amide bonds. The maximum atomic E-state index is 9.11. The summed E-state index contributed by atoms with van der Waals surface area (Å²) >= 11 is 11.2. The molecule has 0 atom stereocenters. The SMILES string of the molecule is N#Cc1ccc(-c2ccc(-c3cc4sc5cc6c(cc5c4s3)sc3cc(-c4ccc(-c5ccc(C#N)cc5)s4)sc36)s2)cc1. The van der Waals surface area contributed by atoms with Gasteiger partial charge in [0.1, 0.15) is 0 Å². The number of nitrogens with zero attached hydrogens (tertiary/aromatic N) is 2. The Morgan fingerprint density at radius 2 is 0.773 bits per heavy atom. The first-order valence-electron chi connectivity index (χ1n) is 13.7. The van der Waals surface area contributed by atoms with Crippen LogP contribution in [-0.2, 0) is 0 Å². The van der Waals surface area contributed by atoms with Crippen molar-refractivity contribution in [1.82, 2.24) is 0 Å². The normalized spacial score (nSPS) is 11.6. The number of hydrogen-bond donors (Lipinski definition) is 0. The Balaban J connectivity index is 1.05. The lowest BCUT2D eigenvalue weighted by Gasteiger charge is -1.97. The fraction of sp³-hybridized carbons (Fsp3) is 0. The van der Waals surface area contributed by atoms with E-state index in [4.69, 9.17) is 10.5 Å². The van der Waals surface area contributed by atoms with Gasteiger partial charge in [-0.15, -0.1) is 68.0 Å². The molecule has 6 heterocycles. The molecule has 0 saturated heterocycles. The summed E-state index contributed by atoms with van der Waals surface area (Å²) < 4.78 is 8.15. The molecule has 0 fully saturated rings. The zero-order valence-electron chi connectivity index (χ0n) is 22.6. The van der Waals surface area contributed by atoms with E-state index >= 15 is 0 Å². The highest BCUT2D eigenvalue weighted by molar-refractivity contribution is 7.36. The third-order valence-electron chi connectivity index (χ3n) is 7.70. The minimum Gasteiger partial charge on any atom is -0.192 e. The van der Waals surface area contributed by atoms with Gasteiger partial charge in [-0.1, -0.05) is 24.3 Å². The molecule has 0 radical (unpaired) electrons. The molecule has 0 unspecified atom stereocenters. The van der Waals surface area contributed by atoms with Crippen LogP contribution in [0.5, 0.6) is 0 Å². The molecule has 0 aliphatic heterocycles. The summed E-state index contributed by atoms with van der Waals surface area (Å²) in [4.78, 5) is 7.63. The first-order chi connectivity index (χ1) is 21.6. The van der Waals surface area contributed by atoms with E-state index in [1.54, 1.807) is 0 Å². The lowest BCUT2D eigenvalue weighted by atomic mass is 10.1. The summed E-state index contributed by atoms with van der Waals surface area (Å²) in [5.41, 5.74) is 3.68. The number of thiophene rings is 6. The molecule has 0 N–H and O–H groups in total. The highest BCUT2D eigenvalue weighted by Gasteiger charge is 2.17. The lowest BCUT2D eigenvalue weighted by molar-refractivity contribution is 1.49. The summed E-state index contributed by atoms with van der Waals surface area (Å²) in [6.45, 7) is 0. The van der Waals surface area contributed by atoms with E-state index in [-0.39, 0.29) is 0 Å². The quantitative estimate of drug-likeness (QED) is 0.187. The molecule has 8 heteroatoms. The smallest absolute Gasteiger partial charge is 0.0991 e. The molecular weight excluding hydrogens is 653 g/mol. The van der Waals surface area contributed by atoms with E-state index in [2.05, 4.69) is 60.7 Å². The molecule has 3 aromatic carbocycles. The standard InChI is InChI=1S/C36H16N2S6/c37-17-19-1-5-21(6-2-19)25-9-11-27(39-25)31-15-33-35(43-31)23-13-30-24(14-29(23)41-33)36-34(42-30)16-32(44-36)28-12-10-26(40-28)22-7-3-20(18-38)4-8-22/h1-16H. The van der Waals surface area contributed by atoms with Gasteiger partial charge in [0.25, 0.3) is 0 Å². The van der Waals surface area contributed by atoms with E-state index in [1.165, 1.54) is 68.2 Å². The number of fused-ring (bicyclic) bond motifs is 6. The Labute approximate surface area is 276 Å². The number of rotatable bonds is 4. The zero-order valence-corrected chi connectivity index (χ0v) is 27.5.